The summed E-state index contributed by atoms with van der Waals surface area (Å²) in [4.78, 5) is 7.14. The van der Waals surface area contributed by atoms with Gasteiger partial charge in [-0.25, -0.2) is 4.98 Å². The first kappa shape index (κ1) is 15.0. The maximum atomic E-state index is 5.21. The van der Waals surface area contributed by atoms with Crippen LogP contribution in [0.3, 0.4) is 0 Å². The van der Waals surface area contributed by atoms with Gasteiger partial charge < -0.3 is 15.0 Å². The Morgan fingerprint density at radius 2 is 2.20 bits per heavy atom. The highest BCUT2D eigenvalue weighted by Gasteiger charge is 2.18. The fourth-order valence-electron chi connectivity index (χ4n) is 2.72. The van der Waals surface area contributed by atoms with Crippen molar-refractivity contribution in [1.82, 2.24) is 10.3 Å². The van der Waals surface area contributed by atoms with Gasteiger partial charge in [-0.2, -0.15) is 0 Å². The van der Waals surface area contributed by atoms with Crippen molar-refractivity contribution < 1.29 is 4.74 Å². The van der Waals surface area contributed by atoms with E-state index in [1.54, 1.807) is 7.11 Å². The fraction of sp³-hybridized carbons (Fsp3) is 0.562. The Hall–Kier alpha value is -1.39. The molecular formula is C16H25N3O. The number of ether oxygens (including phenoxy) is 1. The Kier molecular flexibility index (Phi) is 5.15. The standard InChI is InChI=1S/C16H25N3O/c1-12-9-13(2)18-16(15(12)10-17-3)19-7-5-14(6-8-19)11-20-4/h5,9,17H,6-8,10-11H2,1-4H3. The van der Waals surface area contributed by atoms with E-state index in [0.29, 0.717) is 0 Å². The average molecular weight is 275 g/mol. The molecule has 1 aromatic heterocycles. The highest BCUT2D eigenvalue weighted by molar-refractivity contribution is 5.53. The Bertz CT molecular complexity index is 497. The minimum atomic E-state index is 0.748. The van der Waals surface area contributed by atoms with Crippen LogP contribution in [0.4, 0.5) is 5.82 Å². The first-order valence-electron chi connectivity index (χ1n) is 7.19. The third-order valence-electron chi connectivity index (χ3n) is 3.74. The van der Waals surface area contributed by atoms with Crippen molar-refractivity contribution in [3.05, 3.63) is 34.5 Å². The number of rotatable bonds is 5. The van der Waals surface area contributed by atoms with Crippen molar-refractivity contribution >= 4 is 5.82 Å². The number of hydrogen-bond donors (Lipinski definition) is 1. The molecule has 0 radical (unpaired) electrons. The minimum absolute atomic E-state index is 0.748. The van der Waals surface area contributed by atoms with Crippen molar-refractivity contribution in [2.24, 2.45) is 0 Å². The van der Waals surface area contributed by atoms with E-state index in [9.17, 15) is 0 Å². The Morgan fingerprint density at radius 3 is 2.80 bits per heavy atom. The molecule has 0 spiro atoms. The number of pyridine rings is 1. The molecule has 110 valence electrons. The molecule has 0 fully saturated rings. The van der Waals surface area contributed by atoms with Crippen molar-refractivity contribution in [2.75, 3.05) is 38.8 Å². The summed E-state index contributed by atoms with van der Waals surface area (Å²) in [7, 11) is 3.74. The molecule has 0 saturated carbocycles. The highest BCUT2D eigenvalue weighted by atomic mass is 16.5. The SMILES string of the molecule is CNCc1c(C)cc(C)nc1N1CC=C(COC)CC1. The highest BCUT2D eigenvalue weighted by Crippen LogP contribution is 2.25. The fourth-order valence-corrected chi connectivity index (χ4v) is 2.72. The van der Waals surface area contributed by atoms with E-state index in [-0.39, 0.29) is 0 Å². The van der Waals surface area contributed by atoms with Gasteiger partial charge in [0.15, 0.2) is 0 Å². The monoisotopic (exact) mass is 275 g/mol. The van der Waals surface area contributed by atoms with Crippen LogP contribution in [-0.4, -0.2) is 38.8 Å². The summed E-state index contributed by atoms with van der Waals surface area (Å²) >= 11 is 0. The molecule has 0 amide bonds. The molecule has 1 aliphatic rings. The van der Waals surface area contributed by atoms with Gasteiger partial charge in [0.1, 0.15) is 5.82 Å². The lowest BCUT2D eigenvalue weighted by Crippen LogP contribution is -2.32. The predicted molar refractivity (Wildman–Crippen MR) is 83.3 cm³/mol. The van der Waals surface area contributed by atoms with Gasteiger partial charge in [-0.3, -0.25) is 0 Å². The first-order valence-corrected chi connectivity index (χ1v) is 7.19. The van der Waals surface area contributed by atoms with Crippen molar-refractivity contribution in [3.63, 3.8) is 0 Å². The number of nitrogens with one attached hydrogen (secondary N) is 1. The zero-order valence-corrected chi connectivity index (χ0v) is 13.0. The lowest BCUT2D eigenvalue weighted by molar-refractivity contribution is 0.222. The van der Waals surface area contributed by atoms with Crippen LogP contribution in [0.15, 0.2) is 17.7 Å². The molecule has 2 heterocycles. The Labute approximate surface area is 121 Å². The quantitative estimate of drug-likeness (QED) is 0.836. The van der Waals surface area contributed by atoms with Crippen LogP contribution in [0.2, 0.25) is 0 Å². The first-order chi connectivity index (χ1) is 9.65. The van der Waals surface area contributed by atoms with Gasteiger partial charge in [0.05, 0.1) is 6.61 Å². The molecule has 4 heteroatoms. The summed E-state index contributed by atoms with van der Waals surface area (Å²) in [5.74, 6) is 1.13. The van der Waals surface area contributed by atoms with Gasteiger partial charge >= 0.3 is 0 Å². The van der Waals surface area contributed by atoms with Gasteiger partial charge in [0, 0.05) is 38.0 Å². The van der Waals surface area contributed by atoms with Gasteiger partial charge in [-0.1, -0.05) is 6.08 Å². The molecule has 4 nitrogen and oxygen atoms in total. The van der Waals surface area contributed by atoms with Crippen LogP contribution in [0.5, 0.6) is 0 Å². The summed E-state index contributed by atoms with van der Waals surface area (Å²) in [6.45, 7) is 7.78. The van der Waals surface area contributed by atoms with E-state index < -0.39 is 0 Å². The zero-order chi connectivity index (χ0) is 14.5. The van der Waals surface area contributed by atoms with Crippen LogP contribution in [-0.2, 0) is 11.3 Å². The van der Waals surface area contributed by atoms with Gasteiger partial charge in [-0.15, -0.1) is 0 Å². The van der Waals surface area contributed by atoms with E-state index in [2.05, 4.69) is 36.2 Å². The lowest BCUT2D eigenvalue weighted by Gasteiger charge is -2.30. The smallest absolute Gasteiger partial charge is 0.133 e. The molecule has 1 aromatic rings. The topological polar surface area (TPSA) is 37.4 Å². The summed E-state index contributed by atoms with van der Waals surface area (Å²) in [5, 5.41) is 3.25. The number of aromatic nitrogens is 1. The van der Waals surface area contributed by atoms with Crippen LogP contribution in [0, 0.1) is 13.8 Å². The minimum Gasteiger partial charge on any atom is -0.380 e. The van der Waals surface area contributed by atoms with Crippen LogP contribution >= 0.6 is 0 Å². The number of hydrogen-bond acceptors (Lipinski definition) is 4. The summed E-state index contributed by atoms with van der Waals surface area (Å²) in [6, 6.07) is 2.16. The largest absolute Gasteiger partial charge is 0.380 e. The molecule has 0 bridgehead atoms. The number of nitrogens with zero attached hydrogens (tertiary/aromatic N) is 2. The Balaban J connectivity index is 2.24. The predicted octanol–water partition coefficient (Wildman–Crippen LogP) is 2.20. The molecule has 1 N–H and O–H groups in total. The summed E-state index contributed by atoms with van der Waals surface area (Å²) in [5.41, 5.74) is 5.10. The number of methoxy groups -OCH3 is 1. The van der Waals surface area contributed by atoms with Gasteiger partial charge in [0.25, 0.3) is 0 Å². The van der Waals surface area contributed by atoms with E-state index >= 15 is 0 Å². The summed E-state index contributed by atoms with van der Waals surface area (Å²) in [6.07, 6.45) is 3.33. The van der Waals surface area contributed by atoms with Crippen molar-refractivity contribution in [2.45, 2.75) is 26.8 Å². The maximum Gasteiger partial charge on any atom is 0.133 e. The molecule has 2 rings (SSSR count). The second-order valence-corrected chi connectivity index (χ2v) is 5.40. The van der Waals surface area contributed by atoms with E-state index in [1.807, 2.05) is 7.05 Å². The number of aryl methyl sites for hydroxylation is 2. The van der Waals surface area contributed by atoms with Gasteiger partial charge in [-0.05, 0) is 44.5 Å². The third kappa shape index (κ3) is 3.38. The zero-order valence-electron chi connectivity index (χ0n) is 13.0. The maximum absolute atomic E-state index is 5.21. The average Bonchev–Trinajstić information content (AvgIpc) is 2.43. The third-order valence-corrected chi connectivity index (χ3v) is 3.74. The molecular weight excluding hydrogens is 250 g/mol. The molecule has 0 atom stereocenters. The van der Waals surface area contributed by atoms with Crippen LogP contribution in [0.25, 0.3) is 0 Å². The molecule has 0 aromatic carbocycles. The second kappa shape index (κ2) is 6.86. The Morgan fingerprint density at radius 1 is 1.40 bits per heavy atom. The van der Waals surface area contributed by atoms with E-state index in [1.165, 1.54) is 16.7 Å². The van der Waals surface area contributed by atoms with Gasteiger partial charge in [0.2, 0.25) is 0 Å². The number of anilines is 1. The second-order valence-electron chi connectivity index (χ2n) is 5.40. The summed E-state index contributed by atoms with van der Waals surface area (Å²) < 4.78 is 5.21. The van der Waals surface area contributed by atoms with Crippen molar-refractivity contribution in [3.8, 4) is 0 Å². The molecule has 0 aliphatic carbocycles. The molecule has 0 unspecified atom stereocenters. The molecule has 20 heavy (non-hydrogen) atoms. The molecule has 0 saturated heterocycles. The normalized spacial score (nSPS) is 15.4. The lowest BCUT2D eigenvalue weighted by atomic mass is 10.1. The van der Waals surface area contributed by atoms with Crippen LogP contribution in [0.1, 0.15) is 23.2 Å². The van der Waals surface area contributed by atoms with Crippen LogP contribution < -0.4 is 10.2 Å². The van der Waals surface area contributed by atoms with E-state index in [4.69, 9.17) is 9.72 Å². The molecule has 1 aliphatic heterocycles. The van der Waals surface area contributed by atoms with Crippen molar-refractivity contribution in [1.29, 1.82) is 0 Å². The van der Waals surface area contributed by atoms with E-state index in [0.717, 1.165) is 44.2 Å².